The molecule has 1 aromatic carbocycles. The molecule has 3 heterocycles. The molecule has 2 aromatic heterocycles. The summed E-state index contributed by atoms with van der Waals surface area (Å²) in [4.78, 5) is 36.2. The number of hydrogen-bond acceptors (Lipinski definition) is 3. The summed E-state index contributed by atoms with van der Waals surface area (Å²) in [6.07, 6.45) is 1.72. The molecule has 3 aromatic rings. The van der Waals surface area contributed by atoms with E-state index in [1.807, 2.05) is 0 Å². The van der Waals surface area contributed by atoms with Gasteiger partial charge in [-0.05, 0) is 37.3 Å². The summed E-state index contributed by atoms with van der Waals surface area (Å²) >= 11 is 0. The van der Waals surface area contributed by atoms with Crippen molar-refractivity contribution in [2.45, 2.75) is 6.92 Å². The van der Waals surface area contributed by atoms with Gasteiger partial charge in [0.1, 0.15) is 11.5 Å². The van der Waals surface area contributed by atoms with Gasteiger partial charge >= 0.3 is 0 Å². The van der Waals surface area contributed by atoms with Crippen molar-refractivity contribution in [2.75, 3.05) is 26.2 Å². The van der Waals surface area contributed by atoms with Crippen molar-refractivity contribution in [3.63, 3.8) is 0 Å². The van der Waals surface area contributed by atoms with Crippen LogP contribution in [0.3, 0.4) is 0 Å². The maximum Gasteiger partial charge on any atom is 0.270 e. The Morgan fingerprint density at radius 3 is 2.41 bits per heavy atom. The maximum absolute atomic E-state index is 13.5. The number of halogens is 1. The van der Waals surface area contributed by atoms with Crippen LogP contribution >= 0.6 is 0 Å². The average molecular weight is 366 g/mol. The van der Waals surface area contributed by atoms with Crippen molar-refractivity contribution in [1.82, 2.24) is 19.8 Å². The Labute approximate surface area is 155 Å². The number of carbonyl (C=O) groups is 2. The van der Waals surface area contributed by atoms with Gasteiger partial charge in [-0.25, -0.2) is 4.39 Å². The fourth-order valence-electron chi connectivity index (χ4n) is 3.43. The van der Waals surface area contributed by atoms with Gasteiger partial charge in [0.05, 0.1) is 11.1 Å². The first-order valence-electron chi connectivity index (χ1n) is 8.82. The minimum atomic E-state index is -0.379. The Bertz CT molecular complexity index is 1000. The number of nitrogens with zero attached hydrogens (tertiary/aromatic N) is 3. The van der Waals surface area contributed by atoms with Crippen molar-refractivity contribution in [1.29, 1.82) is 0 Å². The highest BCUT2D eigenvalue weighted by Gasteiger charge is 2.27. The standard InChI is InChI=1S/C20H19FN4O2/c1-13-11-16(15-5-4-14(21)12-18(15)23-13)19(26)24-7-9-25(10-8-24)20(27)17-3-2-6-22-17/h2-6,11-12,22H,7-10H2,1H3. The average Bonchev–Trinajstić information content (AvgIpc) is 3.20. The van der Waals surface area contributed by atoms with Crippen molar-refractivity contribution in [3.8, 4) is 0 Å². The largest absolute Gasteiger partial charge is 0.357 e. The zero-order valence-electron chi connectivity index (χ0n) is 14.9. The molecule has 6 nitrogen and oxygen atoms in total. The zero-order valence-corrected chi connectivity index (χ0v) is 14.9. The number of aryl methyl sites for hydroxylation is 1. The van der Waals surface area contributed by atoms with E-state index in [1.165, 1.54) is 12.1 Å². The number of amides is 2. The first kappa shape index (κ1) is 17.2. The number of rotatable bonds is 2. The number of hydrogen-bond donors (Lipinski definition) is 1. The Morgan fingerprint density at radius 1 is 1.04 bits per heavy atom. The number of fused-ring (bicyclic) bond motifs is 1. The van der Waals surface area contributed by atoms with Gasteiger partial charge < -0.3 is 14.8 Å². The lowest BCUT2D eigenvalue weighted by Gasteiger charge is -2.34. The van der Waals surface area contributed by atoms with E-state index in [2.05, 4.69) is 9.97 Å². The molecule has 7 heteroatoms. The lowest BCUT2D eigenvalue weighted by atomic mass is 10.1. The molecule has 1 saturated heterocycles. The van der Waals surface area contributed by atoms with Crippen molar-refractivity contribution >= 4 is 22.7 Å². The first-order valence-corrected chi connectivity index (χ1v) is 8.82. The van der Waals surface area contributed by atoms with E-state index in [1.54, 1.807) is 47.2 Å². The number of aromatic nitrogens is 2. The van der Waals surface area contributed by atoms with Crippen LogP contribution in [0.15, 0.2) is 42.6 Å². The monoisotopic (exact) mass is 366 g/mol. The molecule has 0 aliphatic carbocycles. The van der Waals surface area contributed by atoms with E-state index < -0.39 is 0 Å². The molecule has 0 unspecified atom stereocenters. The summed E-state index contributed by atoms with van der Waals surface area (Å²) in [6.45, 7) is 3.64. The van der Waals surface area contributed by atoms with Crippen molar-refractivity contribution < 1.29 is 14.0 Å². The summed E-state index contributed by atoms with van der Waals surface area (Å²) in [5.41, 5.74) is 2.20. The number of pyridine rings is 1. The predicted octanol–water partition coefficient (Wildman–Crippen LogP) is 2.61. The third kappa shape index (κ3) is 3.28. The summed E-state index contributed by atoms with van der Waals surface area (Å²) < 4.78 is 13.5. The molecule has 4 rings (SSSR count). The van der Waals surface area contributed by atoms with E-state index in [9.17, 15) is 14.0 Å². The Morgan fingerprint density at radius 2 is 1.74 bits per heavy atom. The van der Waals surface area contributed by atoms with E-state index in [0.717, 1.165) is 0 Å². The molecule has 0 atom stereocenters. The van der Waals surface area contributed by atoms with Gasteiger partial charge in [0.25, 0.3) is 11.8 Å². The van der Waals surface area contributed by atoms with Crippen LogP contribution in [0.4, 0.5) is 4.39 Å². The Kier molecular flexibility index (Phi) is 4.35. The SMILES string of the molecule is Cc1cc(C(=O)N2CCN(C(=O)c3ccc[nH]3)CC2)c2ccc(F)cc2n1. The minimum absolute atomic E-state index is 0.0622. The normalized spacial score (nSPS) is 14.6. The number of piperazine rings is 1. The minimum Gasteiger partial charge on any atom is -0.357 e. The van der Waals surface area contributed by atoms with Crippen molar-refractivity contribution in [2.24, 2.45) is 0 Å². The molecule has 0 saturated carbocycles. The molecule has 0 bridgehead atoms. The van der Waals surface area contributed by atoms with Crippen LogP contribution in [0.5, 0.6) is 0 Å². The molecule has 1 fully saturated rings. The Balaban J connectivity index is 1.53. The molecule has 27 heavy (non-hydrogen) atoms. The summed E-state index contributed by atoms with van der Waals surface area (Å²) in [7, 11) is 0. The smallest absolute Gasteiger partial charge is 0.270 e. The molecule has 1 N–H and O–H groups in total. The number of carbonyl (C=O) groups excluding carboxylic acids is 2. The molecule has 0 spiro atoms. The van der Waals surface area contributed by atoms with E-state index in [4.69, 9.17) is 0 Å². The van der Waals surface area contributed by atoms with E-state index in [0.29, 0.717) is 54.0 Å². The van der Waals surface area contributed by atoms with Gasteiger partial charge in [-0.1, -0.05) is 0 Å². The van der Waals surface area contributed by atoms with Gasteiger partial charge in [-0.3, -0.25) is 14.6 Å². The van der Waals surface area contributed by atoms with Gasteiger partial charge in [-0.15, -0.1) is 0 Å². The quantitative estimate of drug-likeness (QED) is 0.758. The lowest BCUT2D eigenvalue weighted by molar-refractivity contribution is 0.0533. The first-order chi connectivity index (χ1) is 13.0. The van der Waals surface area contributed by atoms with Crippen LogP contribution in [0.2, 0.25) is 0 Å². The van der Waals surface area contributed by atoms with Crippen LogP contribution in [0, 0.1) is 12.7 Å². The maximum atomic E-state index is 13.5. The fourth-order valence-corrected chi connectivity index (χ4v) is 3.43. The molecule has 0 radical (unpaired) electrons. The predicted molar refractivity (Wildman–Crippen MR) is 99.0 cm³/mol. The summed E-state index contributed by atoms with van der Waals surface area (Å²) in [5.74, 6) is -0.563. The summed E-state index contributed by atoms with van der Waals surface area (Å²) in [5, 5.41) is 0.636. The van der Waals surface area contributed by atoms with Crippen LogP contribution in [0.1, 0.15) is 26.5 Å². The third-order valence-electron chi connectivity index (χ3n) is 4.81. The second kappa shape index (κ2) is 6.83. The molecule has 2 amide bonds. The second-order valence-electron chi connectivity index (χ2n) is 6.64. The highest BCUT2D eigenvalue weighted by molar-refractivity contribution is 6.06. The third-order valence-corrected chi connectivity index (χ3v) is 4.81. The topological polar surface area (TPSA) is 69.3 Å². The number of benzene rings is 1. The van der Waals surface area contributed by atoms with Crippen LogP contribution in [0.25, 0.3) is 10.9 Å². The fraction of sp³-hybridized carbons (Fsp3) is 0.250. The number of H-pyrrole nitrogens is 1. The van der Waals surface area contributed by atoms with E-state index >= 15 is 0 Å². The van der Waals surface area contributed by atoms with Gasteiger partial charge in [-0.2, -0.15) is 0 Å². The molecular weight excluding hydrogens is 347 g/mol. The molecule has 1 aliphatic heterocycles. The van der Waals surface area contributed by atoms with Crippen molar-refractivity contribution in [3.05, 3.63) is 65.4 Å². The molecule has 138 valence electrons. The van der Waals surface area contributed by atoms with Crippen LogP contribution < -0.4 is 0 Å². The van der Waals surface area contributed by atoms with E-state index in [-0.39, 0.29) is 17.6 Å². The number of aromatic amines is 1. The second-order valence-corrected chi connectivity index (χ2v) is 6.64. The molecular formula is C20H19FN4O2. The summed E-state index contributed by atoms with van der Waals surface area (Å²) in [6, 6.07) is 9.53. The number of nitrogens with one attached hydrogen (secondary N) is 1. The van der Waals surface area contributed by atoms with Crippen LogP contribution in [-0.4, -0.2) is 57.8 Å². The van der Waals surface area contributed by atoms with Gasteiger partial charge in [0, 0.05) is 49.5 Å². The van der Waals surface area contributed by atoms with Gasteiger partial charge in [0.2, 0.25) is 0 Å². The highest BCUT2D eigenvalue weighted by Crippen LogP contribution is 2.22. The lowest BCUT2D eigenvalue weighted by Crippen LogP contribution is -2.50. The van der Waals surface area contributed by atoms with Gasteiger partial charge in [0.15, 0.2) is 0 Å². The Hall–Kier alpha value is -3.22. The van der Waals surface area contributed by atoms with Crippen LogP contribution in [-0.2, 0) is 0 Å². The highest BCUT2D eigenvalue weighted by atomic mass is 19.1. The zero-order chi connectivity index (χ0) is 19.0. The molecule has 1 aliphatic rings.